The zero-order chi connectivity index (χ0) is 5.82. The molecule has 44 valence electrons. The quantitative estimate of drug-likeness (QED) is 0.501. The van der Waals surface area contributed by atoms with Crippen LogP contribution in [0.25, 0.3) is 0 Å². The molecule has 0 saturated carbocycles. The van der Waals surface area contributed by atoms with Crippen molar-refractivity contribution in [1.29, 1.82) is 0 Å². The Morgan fingerprint density at radius 2 is 2.75 bits per heavy atom. The second-order valence-corrected chi connectivity index (χ2v) is 2.40. The molecule has 0 aromatic rings. The summed E-state index contributed by atoms with van der Waals surface area (Å²) in [5.41, 5.74) is 0. The third kappa shape index (κ3) is 1.23. The lowest BCUT2D eigenvalue weighted by Crippen LogP contribution is -2.12. The number of amidine groups is 1. The highest BCUT2D eigenvalue weighted by Crippen LogP contribution is 2.05. The van der Waals surface area contributed by atoms with Gasteiger partial charge in [0.15, 0.2) is 5.17 Å². The molecule has 1 N–H and O–H groups in total. The minimum atomic E-state index is 0.556. The number of hydrogen-bond acceptors (Lipinski definition) is 2. The van der Waals surface area contributed by atoms with Crippen LogP contribution in [0.3, 0.4) is 0 Å². The van der Waals surface area contributed by atoms with Crippen LogP contribution in [0.1, 0.15) is 0 Å². The molecular formula is C4H6N2OS. The molecule has 1 aliphatic rings. The molecule has 1 amide bonds. The van der Waals surface area contributed by atoms with Crippen LogP contribution < -0.4 is 5.32 Å². The summed E-state index contributed by atoms with van der Waals surface area (Å²) in [4.78, 5) is 13.2. The smallest absolute Gasteiger partial charge is 0.235 e. The van der Waals surface area contributed by atoms with Crippen LogP contribution in [0.4, 0.5) is 0 Å². The van der Waals surface area contributed by atoms with Crippen LogP contribution in [-0.2, 0) is 4.79 Å². The van der Waals surface area contributed by atoms with E-state index in [-0.39, 0.29) is 0 Å². The lowest BCUT2D eigenvalue weighted by atomic mass is 10.8. The molecule has 1 heterocycles. The first-order valence-electron chi connectivity index (χ1n) is 2.31. The Morgan fingerprint density at radius 3 is 3.25 bits per heavy atom. The predicted molar refractivity (Wildman–Crippen MR) is 34.0 cm³/mol. The number of rotatable bonds is 1. The monoisotopic (exact) mass is 130 g/mol. The van der Waals surface area contributed by atoms with E-state index in [4.69, 9.17) is 0 Å². The van der Waals surface area contributed by atoms with Crippen LogP contribution in [-0.4, -0.2) is 23.9 Å². The maximum absolute atomic E-state index is 9.72. The summed E-state index contributed by atoms with van der Waals surface area (Å²) >= 11 is 1.57. The summed E-state index contributed by atoms with van der Waals surface area (Å²) in [7, 11) is 0. The standard InChI is InChI=1S/C4H6N2OS/c7-3-6-4-5-1-2-8-4/h3H,1-2H2,(H,5,6,7). The predicted octanol–water partition coefficient (Wildman–Crippen LogP) is -0.165. The van der Waals surface area contributed by atoms with Crippen molar-refractivity contribution in [3.8, 4) is 0 Å². The van der Waals surface area contributed by atoms with Crippen molar-refractivity contribution in [3.05, 3.63) is 0 Å². The normalized spacial score (nSPS) is 23.2. The van der Waals surface area contributed by atoms with Crippen molar-refractivity contribution in [2.75, 3.05) is 12.3 Å². The summed E-state index contributed by atoms with van der Waals surface area (Å²) in [5, 5.41) is 3.69. The highest BCUT2D eigenvalue weighted by atomic mass is 32.2. The SMILES string of the molecule is O=CN=C1NCCS1. The van der Waals surface area contributed by atoms with E-state index in [0.29, 0.717) is 6.41 Å². The van der Waals surface area contributed by atoms with Crippen LogP contribution in [0.5, 0.6) is 0 Å². The molecular weight excluding hydrogens is 124 g/mol. The van der Waals surface area contributed by atoms with Crippen LogP contribution in [0, 0.1) is 0 Å². The number of nitrogens with zero attached hydrogens (tertiary/aromatic N) is 1. The number of carbonyl (C=O) groups is 1. The molecule has 1 fully saturated rings. The van der Waals surface area contributed by atoms with Crippen molar-refractivity contribution in [2.24, 2.45) is 4.99 Å². The van der Waals surface area contributed by atoms with Gasteiger partial charge in [0.05, 0.1) is 0 Å². The maximum atomic E-state index is 9.72. The Kier molecular flexibility index (Phi) is 1.91. The lowest BCUT2D eigenvalue weighted by Gasteiger charge is -1.87. The number of hydrogen-bond donors (Lipinski definition) is 1. The zero-order valence-corrected chi connectivity index (χ0v) is 5.07. The molecule has 0 bridgehead atoms. The lowest BCUT2D eigenvalue weighted by molar-refractivity contribution is -0.106. The Balaban J connectivity index is 2.44. The Hall–Kier alpha value is -0.510. The maximum Gasteiger partial charge on any atom is 0.235 e. The molecule has 0 aromatic heterocycles. The Labute approximate surface area is 51.6 Å². The van der Waals surface area contributed by atoms with Crippen molar-refractivity contribution in [1.82, 2.24) is 5.32 Å². The van der Waals surface area contributed by atoms with Gasteiger partial charge < -0.3 is 5.32 Å². The van der Waals surface area contributed by atoms with Crippen LogP contribution in [0.15, 0.2) is 4.99 Å². The molecule has 0 aromatic carbocycles. The molecule has 0 atom stereocenters. The summed E-state index contributed by atoms with van der Waals surface area (Å²) in [5.74, 6) is 1.02. The highest BCUT2D eigenvalue weighted by Gasteiger charge is 2.05. The van der Waals surface area contributed by atoms with Crippen molar-refractivity contribution >= 4 is 23.3 Å². The molecule has 3 nitrogen and oxygen atoms in total. The van der Waals surface area contributed by atoms with Gasteiger partial charge in [-0.05, 0) is 0 Å². The summed E-state index contributed by atoms with van der Waals surface area (Å²) < 4.78 is 0. The number of carbonyl (C=O) groups excluding carboxylic acids is 1. The number of nitrogens with one attached hydrogen (secondary N) is 1. The van der Waals surface area contributed by atoms with E-state index in [2.05, 4.69) is 10.3 Å². The topological polar surface area (TPSA) is 41.5 Å². The van der Waals surface area contributed by atoms with Gasteiger partial charge in [-0.15, -0.1) is 0 Å². The van der Waals surface area contributed by atoms with E-state index in [1.807, 2.05) is 0 Å². The minimum absolute atomic E-state index is 0.556. The highest BCUT2D eigenvalue weighted by molar-refractivity contribution is 8.14. The fourth-order valence-corrected chi connectivity index (χ4v) is 1.21. The van der Waals surface area contributed by atoms with Crippen LogP contribution >= 0.6 is 11.8 Å². The summed E-state index contributed by atoms with van der Waals surface area (Å²) in [6, 6.07) is 0. The molecule has 1 aliphatic heterocycles. The molecule has 0 unspecified atom stereocenters. The number of aliphatic imine (C=N–C) groups is 1. The fourth-order valence-electron chi connectivity index (χ4n) is 0.487. The molecule has 0 spiro atoms. The Morgan fingerprint density at radius 1 is 1.88 bits per heavy atom. The van der Waals surface area contributed by atoms with Gasteiger partial charge in [0.2, 0.25) is 6.41 Å². The molecule has 0 aliphatic carbocycles. The second-order valence-electron chi connectivity index (χ2n) is 1.31. The third-order valence-electron chi connectivity index (χ3n) is 0.787. The van der Waals surface area contributed by atoms with E-state index in [1.165, 1.54) is 0 Å². The largest absolute Gasteiger partial charge is 0.364 e. The van der Waals surface area contributed by atoms with E-state index < -0.39 is 0 Å². The number of thioether (sulfide) groups is 1. The first kappa shape index (κ1) is 5.62. The van der Waals surface area contributed by atoms with Gasteiger partial charge in [-0.1, -0.05) is 11.8 Å². The average molecular weight is 130 g/mol. The van der Waals surface area contributed by atoms with Gasteiger partial charge in [-0.25, -0.2) is 0 Å². The number of amides is 1. The zero-order valence-electron chi connectivity index (χ0n) is 4.26. The fraction of sp³-hybridized carbons (Fsp3) is 0.500. The molecule has 0 radical (unpaired) electrons. The van der Waals surface area contributed by atoms with Crippen molar-refractivity contribution in [3.63, 3.8) is 0 Å². The van der Waals surface area contributed by atoms with Crippen molar-refractivity contribution in [2.45, 2.75) is 0 Å². The van der Waals surface area contributed by atoms with Gasteiger partial charge >= 0.3 is 0 Å². The van der Waals surface area contributed by atoms with E-state index in [0.717, 1.165) is 17.5 Å². The molecule has 1 rings (SSSR count). The summed E-state index contributed by atoms with van der Waals surface area (Å²) in [6.07, 6.45) is 0.556. The molecule has 1 saturated heterocycles. The Bertz CT molecular complexity index is 115. The van der Waals surface area contributed by atoms with Gasteiger partial charge in [-0.2, -0.15) is 4.99 Å². The van der Waals surface area contributed by atoms with Gasteiger partial charge in [0.25, 0.3) is 0 Å². The van der Waals surface area contributed by atoms with Crippen molar-refractivity contribution < 1.29 is 4.79 Å². The molecule has 4 heteroatoms. The summed E-state index contributed by atoms with van der Waals surface area (Å²) in [6.45, 7) is 0.928. The van der Waals surface area contributed by atoms with E-state index in [9.17, 15) is 4.79 Å². The second kappa shape index (κ2) is 2.71. The van der Waals surface area contributed by atoms with Gasteiger partial charge in [-0.3, -0.25) is 4.79 Å². The molecule has 8 heavy (non-hydrogen) atoms. The average Bonchev–Trinajstić information content (AvgIpc) is 2.19. The van der Waals surface area contributed by atoms with Crippen LogP contribution in [0.2, 0.25) is 0 Å². The third-order valence-corrected chi connectivity index (χ3v) is 1.72. The van der Waals surface area contributed by atoms with E-state index >= 15 is 0 Å². The van der Waals surface area contributed by atoms with Gasteiger partial charge in [0, 0.05) is 12.3 Å². The minimum Gasteiger partial charge on any atom is -0.364 e. The first-order valence-corrected chi connectivity index (χ1v) is 3.30. The van der Waals surface area contributed by atoms with E-state index in [1.54, 1.807) is 11.8 Å². The van der Waals surface area contributed by atoms with Gasteiger partial charge in [0.1, 0.15) is 0 Å². The first-order chi connectivity index (χ1) is 3.93.